The lowest BCUT2D eigenvalue weighted by molar-refractivity contribution is 0.769. The van der Waals surface area contributed by atoms with Gasteiger partial charge in [-0.2, -0.15) is 5.10 Å². The molecule has 0 aliphatic carbocycles. The number of nitrogens with zero attached hydrogens (tertiary/aromatic N) is 3. The Balaban J connectivity index is 2.55. The Labute approximate surface area is 109 Å². The van der Waals surface area contributed by atoms with E-state index in [9.17, 15) is 0 Å². The molecule has 0 saturated heterocycles. The van der Waals surface area contributed by atoms with Gasteiger partial charge in [0.25, 0.3) is 0 Å². The van der Waals surface area contributed by atoms with Gasteiger partial charge in [0.1, 0.15) is 0 Å². The molecule has 0 fully saturated rings. The standard InChI is InChI=1S/C12H15BrN4/c1-3-9-6-10(4-2)17(16-9)12-11(13)5-8(14)7-15-12/h5-7H,3-4,14H2,1-2H3. The highest BCUT2D eigenvalue weighted by molar-refractivity contribution is 9.10. The molecule has 0 bridgehead atoms. The molecule has 2 rings (SSSR count). The molecular weight excluding hydrogens is 280 g/mol. The van der Waals surface area contributed by atoms with Crippen LogP contribution in [0.5, 0.6) is 0 Å². The van der Waals surface area contributed by atoms with Crippen LogP contribution in [0.15, 0.2) is 22.8 Å². The van der Waals surface area contributed by atoms with E-state index in [-0.39, 0.29) is 0 Å². The molecule has 0 radical (unpaired) electrons. The highest BCUT2D eigenvalue weighted by Crippen LogP contribution is 2.22. The summed E-state index contributed by atoms with van der Waals surface area (Å²) in [6.45, 7) is 4.20. The average molecular weight is 295 g/mol. The van der Waals surface area contributed by atoms with Crippen LogP contribution in [0.2, 0.25) is 0 Å². The Morgan fingerprint density at radius 2 is 2.06 bits per heavy atom. The summed E-state index contributed by atoms with van der Waals surface area (Å²) < 4.78 is 2.74. The third-order valence-corrected chi connectivity index (χ3v) is 3.19. The largest absolute Gasteiger partial charge is 0.397 e. The molecule has 0 atom stereocenters. The maximum atomic E-state index is 5.69. The summed E-state index contributed by atoms with van der Waals surface area (Å²) in [5.41, 5.74) is 8.55. The Bertz CT molecular complexity index is 533. The first kappa shape index (κ1) is 12.1. The minimum absolute atomic E-state index is 0.640. The number of rotatable bonds is 3. The molecule has 5 heteroatoms. The molecule has 0 aromatic carbocycles. The summed E-state index contributed by atoms with van der Waals surface area (Å²) in [5.74, 6) is 0.788. The number of halogens is 1. The maximum absolute atomic E-state index is 5.69. The summed E-state index contributed by atoms with van der Waals surface area (Å²) in [7, 11) is 0. The van der Waals surface area contributed by atoms with Crippen LogP contribution in [-0.4, -0.2) is 14.8 Å². The molecule has 90 valence electrons. The molecule has 2 aromatic heterocycles. The van der Waals surface area contributed by atoms with Gasteiger partial charge in [-0.25, -0.2) is 9.67 Å². The van der Waals surface area contributed by atoms with Crippen LogP contribution >= 0.6 is 15.9 Å². The van der Waals surface area contributed by atoms with Gasteiger partial charge in [0.2, 0.25) is 0 Å². The summed E-state index contributed by atoms with van der Waals surface area (Å²) in [5, 5.41) is 4.54. The summed E-state index contributed by atoms with van der Waals surface area (Å²) >= 11 is 3.48. The van der Waals surface area contributed by atoms with Crippen LogP contribution in [0.1, 0.15) is 25.2 Å². The molecule has 17 heavy (non-hydrogen) atoms. The maximum Gasteiger partial charge on any atom is 0.168 e. The van der Waals surface area contributed by atoms with Crippen LogP contribution in [0.25, 0.3) is 5.82 Å². The number of aryl methyl sites for hydroxylation is 2. The van der Waals surface area contributed by atoms with Crippen molar-refractivity contribution in [3.8, 4) is 5.82 Å². The van der Waals surface area contributed by atoms with Gasteiger partial charge in [-0.15, -0.1) is 0 Å². The van der Waals surface area contributed by atoms with Gasteiger partial charge in [-0.1, -0.05) is 13.8 Å². The van der Waals surface area contributed by atoms with Gasteiger partial charge in [0, 0.05) is 5.69 Å². The van der Waals surface area contributed by atoms with Gasteiger partial charge in [0.15, 0.2) is 5.82 Å². The number of hydrogen-bond acceptors (Lipinski definition) is 3. The van der Waals surface area contributed by atoms with Crippen LogP contribution in [0.3, 0.4) is 0 Å². The fourth-order valence-electron chi connectivity index (χ4n) is 1.68. The van der Waals surface area contributed by atoms with Crippen molar-refractivity contribution in [3.05, 3.63) is 34.2 Å². The number of anilines is 1. The molecule has 0 saturated carbocycles. The van der Waals surface area contributed by atoms with E-state index in [1.165, 1.54) is 0 Å². The molecule has 2 heterocycles. The monoisotopic (exact) mass is 294 g/mol. The van der Waals surface area contributed by atoms with E-state index in [4.69, 9.17) is 5.73 Å². The highest BCUT2D eigenvalue weighted by atomic mass is 79.9. The van der Waals surface area contributed by atoms with Crippen molar-refractivity contribution >= 4 is 21.6 Å². The topological polar surface area (TPSA) is 56.7 Å². The lowest BCUT2D eigenvalue weighted by Gasteiger charge is -2.07. The number of nitrogens with two attached hydrogens (primary N) is 1. The number of pyridine rings is 1. The van der Waals surface area contributed by atoms with E-state index < -0.39 is 0 Å². The zero-order valence-corrected chi connectivity index (χ0v) is 11.5. The summed E-state index contributed by atoms with van der Waals surface area (Å²) in [6, 6.07) is 3.96. The third-order valence-electron chi connectivity index (χ3n) is 2.60. The molecular formula is C12H15BrN4. The summed E-state index contributed by atoms with van der Waals surface area (Å²) in [4.78, 5) is 4.33. The Morgan fingerprint density at radius 3 is 2.65 bits per heavy atom. The summed E-state index contributed by atoms with van der Waals surface area (Å²) in [6.07, 6.45) is 3.49. The number of aromatic nitrogens is 3. The van der Waals surface area contributed by atoms with E-state index in [1.54, 1.807) is 6.20 Å². The Morgan fingerprint density at radius 1 is 1.29 bits per heavy atom. The smallest absolute Gasteiger partial charge is 0.168 e. The number of hydrogen-bond donors (Lipinski definition) is 1. The van der Waals surface area contributed by atoms with Gasteiger partial charge in [0.05, 0.1) is 22.1 Å². The minimum atomic E-state index is 0.640. The molecule has 4 nitrogen and oxygen atoms in total. The van der Waals surface area contributed by atoms with Crippen molar-refractivity contribution in [2.75, 3.05) is 5.73 Å². The van der Waals surface area contributed by atoms with Crippen LogP contribution in [0.4, 0.5) is 5.69 Å². The number of nitrogen functional groups attached to an aromatic ring is 1. The fraction of sp³-hybridized carbons (Fsp3) is 0.333. The first-order valence-corrected chi connectivity index (χ1v) is 6.44. The second-order valence-corrected chi connectivity index (χ2v) is 4.67. The van der Waals surface area contributed by atoms with Gasteiger partial charge < -0.3 is 5.73 Å². The van der Waals surface area contributed by atoms with Crippen molar-refractivity contribution in [1.82, 2.24) is 14.8 Å². The van der Waals surface area contributed by atoms with Crippen molar-refractivity contribution in [2.24, 2.45) is 0 Å². The Hall–Kier alpha value is -1.36. The van der Waals surface area contributed by atoms with Gasteiger partial charge in [-0.05, 0) is 40.9 Å². The molecule has 0 spiro atoms. The molecule has 0 aliphatic rings. The third kappa shape index (κ3) is 2.34. The highest BCUT2D eigenvalue weighted by Gasteiger charge is 2.11. The zero-order chi connectivity index (χ0) is 12.4. The predicted molar refractivity (Wildman–Crippen MR) is 72.2 cm³/mol. The first-order chi connectivity index (χ1) is 8.15. The molecule has 0 unspecified atom stereocenters. The first-order valence-electron chi connectivity index (χ1n) is 5.64. The normalized spacial score (nSPS) is 10.8. The van der Waals surface area contributed by atoms with E-state index in [2.05, 4.69) is 45.9 Å². The molecule has 2 aromatic rings. The molecule has 0 amide bonds. The lowest BCUT2D eigenvalue weighted by atomic mass is 10.2. The van der Waals surface area contributed by atoms with Gasteiger partial charge in [-0.3, -0.25) is 0 Å². The van der Waals surface area contributed by atoms with Crippen LogP contribution in [0, 0.1) is 0 Å². The average Bonchev–Trinajstić information content (AvgIpc) is 2.72. The van der Waals surface area contributed by atoms with Crippen LogP contribution < -0.4 is 5.73 Å². The van der Waals surface area contributed by atoms with Gasteiger partial charge >= 0.3 is 0 Å². The fourth-order valence-corrected chi connectivity index (χ4v) is 2.22. The minimum Gasteiger partial charge on any atom is -0.397 e. The quantitative estimate of drug-likeness (QED) is 0.947. The van der Waals surface area contributed by atoms with Crippen molar-refractivity contribution in [3.63, 3.8) is 0 Å². The van der Waals surface area contributed by atoms with Crippen LogP contribution in [-0.2, 0) is 12.8 Å². The lowest BCUT2D eigenvalue weighted by Crippen LogP contribution is -2.05. The zero-order valence-electron chi connectivity index (χ0n) is 9.94. The van der Waals surface area contributed by atoms with E-state index in [0.717, 1.165) is 34.5 Å². The second kappa shape index (κ2) is 4.87. The van der Waals surface area contributed by atoms with E-state index >= 15 is 0 Å². The SMILES string of the molecule is CCc1cc(CC)n(-c2ncc(N)cc2Br)n1. The molecule has 2 N–H and O–H groups in total. The van der Waals surface area contributed by atoms with E-state index in [0.29, 0.717) is 5.69 Å². The second-order valence-electron chi connectivity index (χ2n) is 3.82. The van der Waals surface area contributed by atoms with Crippen molar-refractivity contribution < 1.29 is 0 Å². The predicted octanol–water partition coefficient (Wildman–Crippen LogP) is 2.74. The van der Waals surface area contributed by atoms with Crippen molar-refractivity contribution in [1.29, 1.82) is 0 Å². The molecule has 0 aliphatic heterocycles. The Kier molecular flexibility index (Phi) is 3.47. The van der Waals surface area contributed by atoms with Crippen molar-refractivity contribution in [2.45, 2.75) is 26.7 Å². The van der Waals surface area contributed by atoms with E-state index in [1.807, 2.05) is 10.7 Å².